The molecule has 0 aromatic heterocycles. The molecule has 0 aliphatic carbocycles. The van der Waals surface area contributed by atoms with Gasteiger partial charge in [-0.3, -0.25) is 0 Å². The van der Waals surface area contributed by atoms with Crippen LogP contribution in [-0.4, -0.2) is 19.2 Å². The second kappa shape index (κ2) is 5.33. The maximum atomic E-state index is 8.80. The van der Waals surface area contributed by atoms with Gasteiger partial charge in [0.25, 0.3) is 0 Å². The van der Waals surface area contributed by atoms with Gasteiger partial charge >= 0.3 is 0 Å². The fraction of sp³-hybridized carbons (Fsp3) is 0.417. The monoisotopic (exact) mass is 280 g/mol. The lowest BCUT2D eigenvalue weighted by atomic mass is 10.1. The van der Waals surface area contributed by atoms with Crippen molar-refractivity contribution in [3.05, 3.63) is 28.2 Å². The Kier molecular flexibility index (Phi) is 3.81. The van der Waals surface area contributed by atoms with E-state index in [1.165, 1.54) is 0 Å². The van der Waals surface area contributed by atoms with Gasteiger partial charge in [-0.15, -0.1) is 0 Å². The van der Waals surface area contributed by atoms with Gasteiger partial charge in [-0.05, 0) is 53.5 Å². The molecule has 0 amide bonds. The second-order valence-corrected chi connectivity index (χ2v) is 4.69. The molecule has 16 heavy (non-hydrogen) atoms. The lowest BCUT2D eigenvalue weighted by Gasteiger charge is -2.24. The number of nitrogens with zero attached hydrogens (tertiary/aromatic N) is 1. The van der Waals surface area contributed by atoms with Crippen molar-refractivity contribution >= 4 is 15.9 Å². The molecule has 1 aromatic carbocycles. The van der Waals surface area contributed by atoms with Gasteiger partial charge in [0.05, 0.1) is 5.56 Å². The van der Waals surface area contributed by atoms with E-state index in [1.54, 1.807) is 6.07 Å². The molecule has 1 atom stereocenters. The maximum absolute atomic E-state index is 8.80. The number of nitrogens with one attached hydrogen (secondary N) is 1. The summed E-state index contributed by atoms with van der Waals surface area (Å²) in [5.74, 6) is 0.819. The smallest absolute Gasteiger partial charge is 0.121 e. The molecule has 3 nitrogen and oxygen atoms in total. The Morgan fingerprint density at radius 3 is 3.00 bits per heavy atom. The summed E-state index contributed by atoms with van der Waals surface area (Å²) in [6.07, 6.45) is 2.49. The Morgan fingerprint density at radius 1 is 1.50 bits per heavy atom. The van der Waals surface area contributed by atoms with Crippen LogP contribution in [0.15, 0.2) is 22.7 Å². The molecule has 1 heterocycles. The third-order valence-electron chi connectivity index (χ3n) is 2.62. The van der Waals surface area contributed by atoms with Crippen LogP contribution in [0.2, 0.25) is 0 Å². The van der Waals surface area contributed by atoms with Gasteiger partial charge in [0.15, 0.2) is 0 Å². The van der Waals surface area contributed by atoms with Crippen molar-refractivity contribution in [1.29, 1.82) is 5.26 Å². The zero-order valence-electron chi connectivity index (χ0n) is 8.87. The highest BCUT2D eigenvalue weighted by Crippen LogP contribution is 2.24. The summed E-state index contributed by atoms with van der Waals surface area (Å²) in [5.41, 5.74) is 0.633. The van der Waals surface area contributed by atoms with Crippen LogP contribution in [0.4, 0.5) is 0 Å². The molecule has 0 bridgehead atoms. The molecule has 0 unspecified atom stereocenters. The SMILES string of the molecule is N#Cc1ccc(O[C@H]2CCCNC2)cc1Br. The first kappa shape index (κ1) is 11.4. The Hall–Kier alpha value is -1.05. The van der Waals surface area contributed by atoms with E-state index in [2.05, 4.69) is 27.3 Å². The largest absolute Gasteiger partial charge is 0.489 e. The quantitative estimate of drug-likeness (QED) is 0.905. The van der Waals surface area contributed by atoms with E-state index in [-0.39, 0.29) is 6.10 Å². The highest BCUT2D eigenvalue weighted by molar-refractivity contribution is 9.10. The summed E-state index contributed by atoms with van der Waals surface area (Å²) >= 11 is 3.35. The molecule has 2 rings (SSSR count). The number of rotatable bonds is 2. The van der Waals surface area contributed by atoms with E-state index in [4.69, 9.17) is 10.00 Å². The molecule has 0 radical (unpaired) electrons. The first-order valence-electron chi connectivity index (χ1n) is 5.36. The predicted molar refractivity (Wildman–Crippen MR) is 65.4 cm³/mol. The molecule has 1 aliphatic rings. The van der Waals surface area contributed by atoms with Crippen LogP contribution >= 0.6 is 15.9 Å². The van der Waals surface area contributed by atoms with Crippen LogP contribution in [0.25, 0.3) is 0 Å². The molecular formula is C12H13BrN2O. The normalized spacial score (nSPS) is 20.1. The molecule has 1 fully saturated rings. The number of benzene rings is 1. The minimum Gasteiger partial charge on any atom is -0.489 e. The van der Waals surface area contributed by atoms with E-state index in [1.807, 2.05) is 12.1 Å². The van der Waals surface area contributed by atoms with Gasteiger partial charge in [-0.1, -0.05) is 0 Å². The lowest BCUT2D eigenvalue weighted by Crippen LogP contribution is -2.37. The van der Waals surface area contributed by atoms with Crippen LogP contribution < -0.4 is 10.1 Å². The van der Waals surface area contributed by atoms with Crippen LogP contribution in [0.5, 0.6) is 5.75 Å². The minimum absolute atomic E-state index is 0.244. The second-order valence-electron chi connectivity index (χ2n) is 3.84. The highest BCUT2D eigenvalue weighted by Gasteiger charge is 2.14. The van der Waals surface area contributed by atoms with E-state index >= 15 is 0 Å². The fourth-order valence-corrected chi connectivity index (χ4v) is 2.22. The maximum Gasteiger partial charge on any atom is 0.121 e. The number of piperidine rings is 1. The zero-order valence-corrected chi connectivity index (χ0v) is 10.5. The van der Waals surface area contributed by atoms with Crippen molar-refractivity contribution in [2.45, 2.75) is 18.9 Å². The molecule has 1 aromatic rings. The number of hydrogen-bond donors (Lipinski definition) is 1. The summed E-state index contributed by atoms with van der Waals surface area (Å²) in [6.45, 7) is 1.98. The Bertz CT molecular complexity index is 408. The Morgan fingerprint density at radius 2 is 2.38 bits per heavy atom. The fourth-order valence-electron chi connectivity index (χ4n) is 1.77. The summed E-state index contributed by atoms with van der Waals surface area (Å²) in [4.78, 5) is 0. The molecule has 1 N–H and O–H groups in total. The molecule has 0 saturated carbocycles. The van der Waals surface area contributed by atoms with Gasteiger partial charge in [0, 0.05) is 11.0 Å². The molecule has 1 saturated heterocycles. The van der Waals surface area contributed by atoms with Gasteiger partial charge in [0.1, 0.15) is 17.9 Å². The van der Waals surface area contributed by atoms with Crippen molar-refractivity contribution in [3.8, 4) is 11.8 Å². The van der Waals surface area contributed by atoms with Crippen molar-refractivity contribution in [2.75, 3.05) is 13.1 Å². The van der Waals surface area contributed by atoms with Gasteiger partial charge in [-0.25, -0.2) is 0 Å². The van der Waals surface area contributed by atoms with Crippen molar-refractivity contribution < 1.29 is 4.74 Å². The third kappa shape index (κ3) is 2.75. The van der Waals surface area contributed by atoms with Crippen molar-refractivity contribution in [3.63, 3.8) is 0 Å². The number of ether oxygens (including phenoxy) is 1. The Balaban J connectivity index is 2.04. The van der Waals surface area contributed by atoms with E-state index in [0.29, 0.717) is 5.56 Å². The molecule has 84 valence electrons. The van der Waals surface area contributed by atoms with Crippen LogP contribution in [0.1, 0.15) is 18.4 Å². The standard InChI is InChI=1S/C12H13BrN2O/c13-12-6-10(4-3-9(12)7-14)16-11-2-1-5-15-8-11/h3-4,6,11,15H,1-2,5,8H2/t11-/m0/s1. The lowest BCUT2D eigenvalue weighted by molar-refractivity contribution is 0.167. The topological polar surface area (TPSA) is 45.0 Å². The third-order valence-corrected chi connectivity index (χ3v) is 3.27. The van der Waals surface area contributed by atoms with Gasteiger partial charge < -0.3 is 10.1 Å². The summed E-state index contributed by atoms with van der Waals surface area (Å²) in [7, 11) is 0. The Labute approximate surface area is 104 Å². The summed E-state index contributed by atoms with van der Waals surface area (Å²) < 4.78 is 6.62. The average molecular weight is 281 g/mol. The van der Waals surface area contributed by atoms with E-state index in [0.717, 1.165) is 36.2 Å². The number of hydrogen-bond acceptors (Lipinski definition) is 3. The molecule has 1 aliphatic heterocycles. The van der Waals surface area contributed by atoms with E-state index < -0.39 is 0 Å². The molecule has 0 spiro atoms. The van der Waals surface area contributed by atoms with Gasteiger partial charge in [0.2, 0.25) is 0 Å². The summed E-state index contributed by atoms with van der Waals surface area (Å²) in [5, 5.41) is 12.1. The zero-order chi connectivity index (χ0) is 11.4. The highest BCUT2D eigenvalue weighted by atomic mass is 79.9. The predicted octanol–water partition coefficient (Wildman–Crippen LogP) is 2.45. The van der Waals surface area contributed by atoms with Gasteiger partial charge in [-0.2, -0.15) is 5.26 Å². The average Bonchev–Trinajstić information content (AvgIpc) is 2.31. The van der Waals surface area contributed by atoms with Crippen LogP contribution in [0, 0.1) is 11.3 Å². The first-order chi connectivity index (χ1) is 7.79. The van der Waals surface area contributed by atoms with Crippen LogP contribution in [-0.2, 0) is 0 Å². The van der Waals surface area contributed by atoms with Crippen LogP contribution in [0.3, 0.4) is 0 Å². The number of halogens is 1. The molecular weight excluding hydrogens is 268 g/mol. The van der Waals surface area contributed by atoms with Crippen molar-refractivity contribution in [2.24, 2.45) is 0 Å². The van der Waals surface area contributed by atoms with E-state index in [9.17, 15) is 0 Å². The minimum atomic E-state index is 0.244. The van der Waals surface area contributed by atoms with Crippen molar-refractivity contribution in [1.82, 2.24) is 5.32 Å². The first-order valence-corrected chi connectivity index (χ1v) is 6.16. The summed E-state index contributed by atoms with van der Waals surface area (Å²) in [6, 6.07) is 7.58. The number of nitriles is 1. The molecule has 4 heteroatoms.